The fraction of sp³-hybridized carbons (Fsp3) is 0.600. The fourth-order valence-electron chi connectivity index (χ4n) is 0.804. The average molecular weight is 279 g/mol. The molecule has 0 aromatic rings. The van der Waals surface area contributed by atoms with Crippen LogP contribution in [0, 0.1) is 0 Å². The summed E-state index contributed by atoms with van der Waals surface area (Å²) in [7, 11) is 0. The molecule has 0 bridgehead atoms. The van der Waals surface area contributed by atoms with E-state index in [1.165, 1.54) is 0 Å². The summed E-state index contributed by atoms with van der Waals surface area (Å²) in [4.78, 5) is 21.9. The van der Waals surface area contributed by atoms with E-state index in [2.05, 4.69) is 22.5 Å². The molecule has 0 aromatic heterocycles. The van der Waals surface area contributed by atoms with Crippen molar-refractivity contribution in [3.8, 4) is 0 Å². The van der Waals surface area contributed by atoms with Crippen LogP contribution in [0.15, 0.2) is 12.3 Å². The lowest BCUT2D eigenvalue weighted by molar-refractivity contribution is -0.151. The van der Waals surface area contributed by atoms with E-state index in [0.717, 1.165) is 0 Å². The Morgan fingerprint density at radius 1 is 1.40 bits per heavy atom. The van der Waals surface area contributed by atoms with Crippen molar-refractivity contribution in [1.29, 1.82) is 0 Å². The monoisotopic (exact) mass is 278 g/mol. The number of hydrogen-bond acceptors (Lipinski definition) is 4. The summed E-state index contributed by atoms with van der Waals surface area (Å²) in [5.74, 6) is -0.525. The molecule has 0 heterocycles. The molecule has 0 rings (SSSR count). The van der Waals surface area contributed by atoms with Gasteiger partial charge in [0.15, 0.2) is 0 Å². The highest BCUT2D eigenvalue weighted by Crippen LogP contribution is 2.07. The van der Waals surface area contributed by atoms with E-state index in [-0.39, 0.29) is 11.2 Å². The molecule has 0 fully saturated rings. The number of allylic oxidation sites excluding steroid dienone is 1. The topological polar surface area (TPSA) is 52.6 Å². The maximum atomic E-state index is 11.1. The third-order valence-electron chi connectivity index (χ3n) is 1.38. The summed E-state index contributed by atoms with van der Waals surface area (Å²) in [6, 6.07) is 0. The molecule has 0 aliphatic carbocycles. The minimum atomic E-state index is -0.496. The van der Waals surface area contributed by atoms with Gasteiger partial charge in [0, 0.05) is 0 Å². The van der Waals surface area contributed by atoms with Gasteiger partial charge in [-0.25, -0.2) is 0 Å². The Morgan fingerprint density at radius 3 is 2.33 bits per heavy atom. The summed E-state index contributed by atoms with van der Waals surface area (Å²) in [6.07, 6.45) is -0.470. The number of esters is 2. The summed E-state index contributed by atoms with van der Waals surface area (Å²) in [5, 5.41) is 0. The number of halogens is 1. The Labute approximate surface area is 97.8 Å². The van der Waals surface area contributed by atoms with Crippen molar-refractivity contribution in [2.75, 3.05) is 0 Å². The van der Waals surface area contributed by atoms with Crippen molar-refractivity contribution in [3.05, 3.63) is 12.3 Å². The number of ether oxygens (including phenoxy) is 2. The lowest BCUT2D eigenvalue weighted by atomic mass is 10.3. The number of alkyl halides is 1. The van der Waals surface area contributed by atoms with Gasteiger partial charge in [-0.15, -0.1) is 0 Å². The van der Waals surface area contributed by atoms with Gasteiger partial charge in [-0.2, -0.15) is 0 Å². The molecule has 0 radical (unpaired) electrons. The van der Waals surface area contributed by atoms with Crippen molar-refractivity contribution < 1.29 is 19.1 Å². The number of hydrogen-bond donors (Lipinski definition) is 0. The van der Waals surface area contributed by atoms with Crippen molar-refractivity contribution in [2.45, 2.75) is 38.1 Å². The highest BCUT2D eigenvalue weighted by atomic mass is 79.9. The molecule has 2 unspecified atom stereocenters. The lowest BCUT2D eigenvalue weighted by Crippen LogP contribution is -2.23. The molecule has 0 aromatic carbocycles. The molecule has 0 spiro atoms. The number of rotatable bonds is 5. The average Bonchev–Trinajstić information content (AvgIpc) is 2.00. The maximum absolute atomic E-state index is 11.1. The molecule has 86 valence electrons. The van der Waals surface area contributed by atoms with Crippen molar-refractivity contribution in [1.82, 2.24) is 0 Å². The Hall–Kier alpha value is -0.840. The van der Waals surface area contributed by atoms with Crippen LogP contribution in [0.25, 0.3) is 0 Å². The zero-order valence-corrected chi connectivity index (χ0v) is 10.7. The third kappa shape index (κ3) is 7.13. The quantitative estimate of drug-likeness (QED) is 0.439. The Kier molecular flexibility index (Phi) is 6.24. The molecule has 0 amide bonds. The summed E-state index contributed by atoms with van der Waals surface area (Å²) < 4.78 is 9.67. The molecule has 0 saturated carbocycles. The van der Waals surface area contributed by atoms with Crippen LogP contribution >= 0.6 is 15.9 Å². The van der Waals surface area contributed by atoms with Gasteiger partial charge >= 0.3 is 11.9 Å². The number of carbonyl (C=O) groups is 2. The standard InChI is InChI=1S/C10H15BrO4/c1-6(2)14-9(12)5-7(3)15-10(13)8(4)11/h7-8H,1,5H2,2-4H3. The van der Waals surface area contributed by atoms with Crippen LogP contribution in [0.3, 0.4) is 0 Å². The van der Waals surface area contributed by atoms with E-state index in [1.54, 1.807) is 20.8 Å². The van der Waals surface area contributed by atoms with Gasteiger partial charge in [0.05, 0.1) is 12.2 Å². The van der Waals surface area contributed by atoms with Gasteiger partial charge < -0.3 is 9.47 Å². The van der Waals surface area contributed by atoms with Gasteiger partial charge in [-0.05, 0) is 20.8 Å². The van der Waals surface area contributed by atoms with Crippen molar-refractivity contribution in [2.24, 2.45) is 0 Å². The van der Waals surface area contributed by atoms with E-state index in [9.17, 15) is 9.59 Å². The minimum absolute atomic E-state index is 0.0261. The van der Waals surface area contributed by atoms with Gasteiger partial charge in [-0.1, -0.05) is 22.5 Å². The second kappa shape index (κ2) is 6.61. The minimum Gasteiger partial charge on any atom is -0.461 e. The SMILES string of the molecule is C=C(C)OC(=O)CC(C)OC(=O)C(C)Br. The molecule has 0 saturated heterocycles. The van der Waals surface area contributed by atoms with Crippen LogP contribution < -0.4 is 0 Å². The largest absolute Gasteiger partial charge is 0.461 e. The van der Waals surface area contributed by atoms with E-state index in [0.29, 0.717) is 5.76 Å². The predicted octanol–water partition coefficient (Wildman–Crippen LogP) is 2.17. The zero-order chi connectivity index (χ0) is 12.0. The molecule has 0 aliphatic heterocycles. The molecular formula is C10H15BrO4. The molecule has 15 heavy (non-hydrogen) atoms. The second-order valence-electron chi connectivity index (χ2n) is 3.24. The lowest BCUT2D eigenvalue weighted by Gasteiger charge is -2.13. The Morgan fingerprint density at radius 2 is 1.93 bits per heavy atom. The van der Waals surface area contributed by atoms with E-state index >= 15 is 0 Å². The third-order valence-corrected chi connectivity index (χ3v) is 1.76. The van der Waals surface area contributed by atoms with Gasteiger partial charge in [-0.3, -0.25) is 9.59 Å². The fourth-order valence-corrected chi connectivity index (χ4v) is 0.912. The smallest absolute Gasteiger partial charge is 0.319 e. The van der Waals surface area contributed by atoms with E-state index in [4.69, 9.17) is 9.47 Å². The van der Waals surface area contributed by atoms with Crippen LogP contribution in [0.4, 0.5) is 0 Å². The van der Waals surface area contributed by atoms with Crippen LogP contribution in [0.5, 0.6) is 0 Å². The van der Waals surface area contributed by atoms with E-state index in [1.807, 2.05) is 0 Å². The van der Waals surface area contributed by atoms with Crippen LogP contribution in [0.1, 0.15) is 27.2 Å². The first kappa shape index (κ1) is 14.2. The molecule has 0 N–H and O–H groups in total. The number of carbonyl (C=O) groups excluding carboxylic acids is 2. The maximum Gasteiger partial charge on any atom is 0.319 e. The normalized spacial score (nSPS) is 13.9. The second-order valence-corrected chi connectivity index (χ2v) is 4.62. The van der Waals surface area contributed by atoms with Gasteiger partial charge in [0.25, 0.3) is 0 Å². The first-order chi connectivity index (χ1) is 6.82. The summed E-state index contributed by atoms with van der Waals surface area (Å²) in [6.45, 7) is 8.30. The van der Waals surface area contributed by atoms with E-state index < -0.39 is 18.0 Å². The van der Waals surface area contributed by atoms with Gasteiger partial charge in [0.1, 0.15) is 10.9 Å². The van der Waals surface area contributed by atoms with Crippen molar-refractivity contribution in [3.63, 3.8) is 0 Å². The molecular weight excluding hydrogens is 264 g/mol. The summed E-state index contributed by atoms with van der Waals surface area (Å²) >= 11 is 3.07. The molecule has 0 aliphatic rings. The first-order valence-corrected chi connectivity index (χ1v) is 5.45. The predicted molar refractivity (Wildman–Crippen MR) is 59.5 cm³/mol. The van der Waals surface area contributed by atoms with Crippen LogP contribution in [-0.4, -0.2) is 22.9 Å². The first-order valence-electron chi connectivity index (χ1n) is 4.53. The molecule has 5 heteroatoms. The zero-order valence-electron chi connectivity index (χ0n) is 9.08. The molecule has 2 atom stereocenters. The van der Waals surface area contributed by atoms with Crippen molar-refractivity contribution >= 4 is 27.9 Å². The summed E-state index contributed by atoms with van der Waals surface area (Å²) in [5.41, 5.74) is 0. The Bertz CT molecular complexity index is 260. The van der Waals surface area contributed by atoms with Gasteiger partial charge in [0.2, 0.25) is 0 Å². The van der Waals surface area contributed by atoms with Crippen LogP contribution in [-0.2, 0) is 19.1 Å². The highest BCUT2D eigenvalue weighted by molar-refractivity contribution is 9.10. The molecule has 4 nitrogen and oxygen atoms in total. The Balaban J connectivity index is 3.93. The highest BCUT2D eigenvalue weighted by Gasteiger charge is 2.17. The van der Waals surface area contributed by atoms with Crippen LogP contribution in [0.2, 0.25) is 0 Å².